The van der Waals surface area contributed by atoms with Crippen molar-refractivity contribution in [3.63, 3.8) is 0 Å². The van der Waals surface area contributed by atoms with Crippen LogP contribution in [-0.2, 0) is 13.0 Å². The number of rotatable bonds is 6. The summed E-state index contributed by atoms with van der Waals surface area (Å²) >= 11 is 0. The summed E-state index contributed by atoms with van der Waals surface area (Å²) in [6.45, 7) is 3.66. The molecule has 1 saturated heterocycles. The van der Waals surface area contributed by atoms with Gasteiger partial charge in [0.05, 0.1) is 12.3 Å². The predicted octanol–water partition coefficient (Wildman–Crippen LogP) is 2.26. The number of nitrogens with one attached hydrogen (secondary N) is 1. The highest BCUT2D eigenvalue weighted by Gasteiger charge is 2.29. The van der Waals surface area contributed by atoms with Gasteiger partial charge in [0, 0.05) is 31.7 Å². The van der Waals surface area contributed by atoms with Crippen molar-refractivity contribution >= 4 is 5.91 Å². The van der Waals surface area contributed by atoms with Crippen molar-refractivity contribution in [3.05, 3.63) is 71.3 Å². The average molecular weight is 380 g/mol. The summed E-state index contributed by atoms with van der Waals surface area (Å²) in [6, 6.07) is 17.9. The van der Waals surface area contributed by atoms with Crippen molar-refractivity contribution in [2.45, 2.75) is 38.1 Å². The van der Waals surface area contributed by atoms with Crippen LogP contribution in [0.1, 0.15) is 34.3 Å². The van der Waals surface area contributed by atoms with Crippen molar-refractivity contribution in [2.75, 3.05) is 26.2 Å². The van der Waals surface area contributed by atoms with Gasteiger partial charge in [-0.15, -0.1) is 0 Å². The molecule has 2 atom stereocenters. The Morgan fingerprint density at radius 1 is 1.14 bits per heavy atom. The number of hydrogen-bond donors (Lipinski definition) is 2. The number of carbonyl (C=O) groups excluding carboxylic acids is 1. The van der Waals surface area contributed by atoms with Crippen LogP contribution in [0.15, 0.2) is 54.6 Å². The molecule has 0 radical (unpaired) electrons. The number of benzene rings is 2. The van der Waals surface area contributed by atoms with Crippen molar-refractivity contribution < 1.29 is 9.90 Å². The predicted molar refractivity (Wildman–Crippen MR) is 110 cm³/mol. The highest BCUT2D eigenvalue weighted by atomic mass is 16.3. The SMILES string of the molecule is O=C(c1ccccc1)N(CC(O)CN1CCc2ccccc2C1)C1CCCN1. The molecular formula is C23H29N3O2. The second-order valence-electron chi connectivity index (χ2n) is 7.84. The number of nitrogens with zero attached hydrogens (tertiary/aromatic N) is 2. The molecule has 2 aromatic carbocycles. The summed E-state index contributed by atoms with van der Waals surface area (Å²) in [5.41, 5.74) is 3.43. The van der Waals surface area contributed by atoms with Gasteiger partial charge in [0.25, 0.3) is 5.91 Å². The number of β-amino-alcohol motifs (C(OH)–C–C–N with tert-alkyl or cyclic N) is 1. The number of amides is 1. The Kier molecular flexibility index (Phi) is 6.05. The maximum Gasteiger partial charge on any atom is 0.255 e. The highest BCUT2D eigenvalue weighted by Crippen LogP contribution is 2.20. The van der Waals surface area contributed by atoms with E-state index in [9.17, 15) is 9.90 Å². The maximum atomic E-state index is 13.1. The number of carbonyl (C=O) groups is 1. The van der Waals surface area contributed by atoms with Gasteiger partial charge in [-0.1, -0.05) is 42.5 Å². The summed E-state index contributed by atoms with van der Waals surface area (Å²) < 4.78 is 0. The summed E-state index contributed by atoms with van der Waals surface area (Å²) in [7, 11) is 0. The van der Waals surface area contributed by atoms with E-state index in [0.29, 0.717) is 18.7 Å². The average Bonchev–Trinajstić information content (AvgIpc) is 3.27. The van der Waals surface area contributed by atoms with E-state index in [2.05, 4.69) is 34.5 Å². The van der Waals surface area contributed by atoms with Crippen LogP contribution in [-0.4, -0.2) is 59.3 Å². The summed E-state index contributed by atoms with van der Waals surface area (Å²) in [4.78, 5) is 17.2. The highest BCUT2D eigenvalue weighted by molar-refractivity contribution is 5.94. The van der Waals surface area contributed by atoms with Gasteiger partial charge in [-0.05, 0) is 49.1 Å². The molecule has 2 aromatic rings. The Bertz CT molecular complexity index is 789. The normalized spacial score (nSPS) is 20.5. The minimum atomic E-state index is -0.569. The van der Waals surface area contributed by atoms with E-state index < -0.39 is 6.10 Å². The van der Waals surface area contributed by atoms with Gasteiger partial charge in [0.15, 0.2) is 0 Å². The minimum absolute atomic E-state index is 0.00411. The van der Waals surface area contributed by atoms with E-state index in [1.807, 2.05) is 35.2 Å². The lowest BCUT2D eigenvalue weighted by molar-refractivity contribution is 0.0376. The molecule has 2 unspecified atom stereocenters. The van der Waals surface area contributed by atoms with Crippen molar-refractivity contribution in [2.24, 2.45) is 0 Å². The van der Waals surface area contributed by atoms with E-state index in [4.69, 9.17) is 0 Å². The largest absolute Gasteiger partial charge is 0.390 e. The van der Waals surface area contributed by atoms with E-state index in [-0.39, 0.29) is 12.1 Å². The molecule has 2 heterocycles. The van der Waals surface area contributed by atoms with Crippen LogP contribution in [0.5, 0.6) is 0 Å². The van der Waals surface area contributed by atoms with Crippen molar-refractivity contribution in [3.8, 4) is 0 Å². The third kappa shape index (κ3) is 4.43. The molecule has 0 aliphatic carbocycles. The quantitative estimate of drug-likeness (QED) is 0.808. The smallest absolute Gasteiger partial charge is 0.255 e. The lowest BCUT2D eigenvalue weighted by Crippen LogP contribution is -2.51. The van der Waals surface area contributed by atoms with Crippen LogP contribution in [0.4, 0.5) is 0 Å². The number of fused-ring (bicyclic) bond motifs is 1. The fraction of sp³-hybridized carbons (Fsp3) is 0.435. The van der Waals surface area contributed by atoms with Crippen molar-refractivity contribution in [1.29, 1.82) is 0 Å². The van der Waals surface area contributed by atoms with Crippen LogP contribution < -0.4 is 5.32 Å². The summed E-state index contributed by atoms with van der Waals surface area (Å²) in [6.07, 6.45) is 2.44. The van der Waals surface area contributed by atoms with E-state index in [1.165, 1.54) is 11.1 Å². The van der Waals surface area contributed by atoms with Crippen LogP contribution in [0.3, 0.4) is 0 Å². The zero-order chi connectivity index (χ0) is 19.3. The first-order valence-corrected chi connectivity index (χ1v) is 10.3. The zero-order valence-electron chi connectivity index (χ0n) is 16.3. The molecule has 0 saturated carbocycles. The molecule has 0 bridgehead atoms. The molecule has 5 heteroatoms. The van der Waals surface area contributed by atoms with Gasteiger partial charge in [-0.25, -0.2) is 0 Å². The van der Waals surface area contributed by atoms with Gasteiger partial charge in [0.1, 0.15) is 0 Å². The van der Waals surface area contributed by atoms with Gasteiger partial charge in [0.2, 0.25) is 0 Å². The van der Waals surface area contributed by atoms with Crippen LogP contribution >= 0.6 is 0 Å². The minimum Gasteiger partial charge on any atom is -0.390 e. The van der Waals surface area contributed by atoms with E-state index in [1.54, 1.807) is 0 Å². The molecule has 0 spiro atoms. The molecule has 0 aromatic heterocycles. The Labute approximate surface area is 167 Å². The lowest BCUT2D eigenvalue weighted by Gasteiger charge is -2.34. The Hall–Kier alpha value is -2.21. The molecule has 148 valence electrons. The Balaban J connectivity index is 1.41. The monoisotopic (exact) mass is 379 g/mol. The van der Waals surface area contributed by atoms with Crippen molar-refractivity contribution in [1.82, 2.24) is 15.1 Å². The molecule has 1 amide bonds. The van der Waals surface area contributed by atoms with Gasteiger partial charge in [-0.2, -0.15) is 0 Å². The summed E-state index contributed by atoms with van der Waals surface area (Å²) in [5.74, 6) is -0.0111. The second kappa shape index (κ2) is 8.86. The molecule has 5 nitrogen and oxygen atoms in total. The third-order valence-electron chi connectivity index (χ3n) is 5.78. The van der Waals surface area contributed by atoms with Crippen LogP contribution in [0.2, 0.25) is 0 Å². The molecule has 2 N–H and O–H groups in total. The molecule has 4 rings (SSSR count). The third-order valence-corrected chi connectivity index (χ3v) is 5.78. The number of aliphatic hydroxyl groups excluding tert-OH is 1. The van der Waals surface area contributed by atoms with Crippen LogP contribution in [0.25, 0.3) is 0 Å². The zero-order valence-corrected chi connectivity index (χ0v) is 16.3. The van der Waals surface area contributed by atoms with E-state index >= 15 is 0 Å². The molecule has 2 aliphatic heterocycles. The maximum absolute atomic E-state index is 13.1. The van der Waals surface area contributed by atoms with Gasteiger partial charge >= 0.3 is 0 Å². The Morgan fingerprint density at radius 3 is 2.64 bits per heavy atom. The van der Waals surface area contributed by atoms with E-state index in [0.717, 1.165) is 38.9 Å². The first-order valence-electron chi connectivity index (χ1n) is 10.3. The fourth-order valence-electron chi connectivity index (χ4n) is 4.32. The number of hydrogen-bond acceptors (Lipinski definition) is 4. The summed E-state index contributed by atoms with van der Waals surface area (Å²) in [5, 5.41) is 14.2. The molecular weight excluding hydrogens is 350 g/mol. The lowest BCUT2D eigenvalue weighted by atomic mass is 10.00. The Morgan fingerprint density at radius 2 is 1.89 bits per heavy atom. The van der Waals surface area contributed by atoms with Gasteiger partial charge in [-0.3, -0.25) is 15.0 Å². The van der Waals surface area contributed by atoms with Gasteiger partial charge < -0.3 is 10.0 Å². The first kappa shape index (κ1) is 19.1. The number of aliphatic hydroxyl groups is 1. The van der Waals surface area contributed by atoms with Crippen LogP contribution in [0, 0.1) is 0 Å². The molecule has 28 heavy (non-hydrogen) atoms. The first-order chi connectivity index (χ1) is 13.7. The second-order valence-corrected chi connectivity index (χ2v) is 7.84. The molecule has 2 aliphatic rings. The molecule has 1 fully saturated rings. The fourth-order valence-corrected chi connectivity index (χ4v) is 4.32. The standard InChI is InChI=1S/C23H29N3O2/c27-21(16-25-14-12-18-7-4-5-10-20(18)15-25)17-26(22-11-6-13-24-22)23(28)19-8-2-1-3-9-19/h1-5,7-10,21-22,24,27H,6,11-17H2. The topological polar surface area (TPSA) is 55.8 Å².